The number of hydrogen-bond donors (Lipinski definition) is 3. The number of carbonyl (C=O) groups is 2. The fourth-order valence-electron chi connectivity index (χ4n) is 8.21. The van der Waals surface area contributed by atoms with Crippen LogP contribution in [0.1, 0.15) is 83.6 Å². The lowest BCUT2D eigenvalue weighted by molar-refractivity contribution is -0.340. The van der Waals surface area contributed by atoms with Gasteiger partial charge in [0.15, 0.2) is 5.79 Å². The van der Waals surface area contributed by atoms with E-state index < -0.39 is 47.6 Å². The van der Waals surface area contributed by atoms with Gasteiger partial charge in [-0.3, -0.25) is 4.79 Å². The predicted octanol–water partition coefficient (Wildman–Crippen LogP) is 5.34. The van der Waals surface area contributed by atoms with Crippen LogP contribution in [0.2, 0.25) is 0 Å². The maximum absolute atomic E-state index is 14.3. The fourth-order valence-corrected chi connectivity index (χ4v) is 8.21. The molecule has 1 aliphatic carbocycles. The molecule has 10 atom stereocenters. The minimum Gasteiger partial charge on any atom is -0.462 e. The Labute approximate surface area is 283 Å². The molecule has 0 radical (unpaired) electrons. The molecular weight excluding hydrogens is 614 g/mol. The minimum atomic E-state index is -1.87. The Morgan fingerprint density at radius 2 is 2.02 bits per heavy atom. The Morgan fingerprint density at radius 1 is 1.21 bits per heavy atom. The van der Waals surface area contributed by atoms with Gasteiger partial charge in [-0.05, 0) is 67.2 Å². The molecule has 5 aliphatic rings. The Hall–Kier alpha value is -3.02. The number of ether oxygens (including phenoxy) is 5. The summed E-state index contributed by atoms with van der Waals surface area (Å²) in [5.74, 6) is -2.44. The van der Waals surface area contributed by atoms with Crippen molar-refractivity contribution in [2.24, 2.45) is 23.7 Å². The standard InChI is InChI=1S/C38H51NO9/c1-22(2)33-25(5)13-14-37(48-33)19-29-18-28(47-37)12-11-24(4)16-23(3)8-6-9-27-21-44-34-32(40)26(17-30(35(41)46-29)38(27,34)43)20-45-36(42)31-10-7-15-39-31/h6-11,15,17,22-23,25,28-30,32-34,39-40,43H,12-14,16,18-21H2,1-5H3/b8-6+,24-11+,27-9+. The zero-order chi connectivity index (χ0) is 34.2. The van der Waals surface area contributed by atoms with Crippen molar-refractivity contribution in [3.63, 3.8) is 0 Å². The molecule has 1 spiro atoms. The lowest BCUT2D eigenvalue weighted by Crippen LogP contribution is -2.59. The predicted molar refractivity (Wildman–Crippen MR) is 178 cm³/mol. The summed E-state index contributed by atoms with van der Waals surface area (Å²) in [6.07, 6.45) is 11.9. The molecule has 10 unspecified atom stereocenters. The van der Waals surface area contributed by atoms with E-state index in [9.17, 15) is 19.8 Å². The van der Waals surface area contributed by atoms with E-state index in [1.807, 2.05) is 6.08 Å². The number of carbonyl (C=O) groups excluding carboxylic acids is 2. The summed E-state index contributed by atoms with van der Waals surface area (Å²) in [7, 11) is 0. The topological polar surface area (TPSA) is 137 Å². The average molecular weight is 666 g/mol. The van der Waals surface area contributed by atoms with Gasteiger partial charge in [-0.1, -0.05) is 63.6 Å². The third-order valence-electron chi connectivity index (χ3n) is 10.7. The number of aromatic nitrogens is 1. The van der Waals surface area contributed by atoms with Crippen molar-refractivity contribution in [2.75, 3.05) is 13.2 Å². The summed E-state index contributed by atoms with van der Waals surface area (Å²) in [5, 5.41) is 23.8. The molecule has 0 aromatic carbocycles. The second-order valence-electron chi connectivity index (χ2n) is 14.9. The molecule has 262 valence electrons. The summed E-state index contributed by atoms with van der Waals surface area (Å²) in [4.78, 5) is 29.7. The van der Waals surface area contributed by atoms with Gasteiger partial charge in [0, 0.05) is 25.5 Å². The summed E-state index contributed by atoms with van der Waals surface area (Å²) >= 11 is 0. The number of aliphatic hydroxyl groups excluding tert-OH is 1. The highest BCUT2D eigenvalue weighted by Gasteiger charge is 2.60. The first-order valence-corrected chi connectivity index (χ1v) is 17.5. The molecule has 4 aliphatic heterocycles. The van der Waals surface area contributed by atoms with Gasteiger partial charge in [0.1, 0.15) is 42.1 Å². The first-order chi connectivity index (χ1) is 22.9. The third-order valence-corrected chi connectivity index (χ3v) is 10.7. The average Bonchev–Trinajstić information content (AvgIpc) is 3.69. The third kappa shape index (κ3) is 7.01. The first-order valence-electron chi connectivity index (χ1n) is 17.5. The number of allylic oxidation sites excluding steroid dienone is 4. The number of rotatable bonds is 4. The van der Waals surface area contributed by atoms with Gasteiger partial charge in [0.25, 0.3) is 0 Å². The van der Waals surface area contributed by atoms with E-state index in [1.54, 1.807) is 24.4 Å². The van der Waals surface area contributed by atoms with Crippen molar-refractivity contribution >= 4 is 11.9 Å². The SMILES string of the molecule is C/C1=C\CC2CC(CC3(CCC(C)C(C(C)C)O3)O2)OC(=O)C2C=C(COC(=O)c3ccc[nH]3)C(O)C3OC/C(=C\C=C\C(C)C1)C23O. The van der Waals surface area contributed by atoms with Gasteiger partial charge < -0.3 is 38.9 Å². The molecule has 3 fully saturated rings. The van der Waals surface area contributed by atoms with Crippen LogP contribution in [0.3, 0.4) is 0 Å². The molecule has 3 N–H and O–H groups in total. The van der Waals surface area contributed by atoms with Crippen LogP contribution in [-0.4, -0.2) is 82.3 Å². The van der Waals surface area contributed by atoms with E-state index in [0.29, 0.717) is 43.1 Å². The monoisotopic (exact) mass is 665 g/mol. The molecule has 10 heteroatoms. The van der Waals surface area contributed by atoms with Crippen LogP contribution < -0.4 is 0 Å². The van der Waals surface area contributed by atoms with Gasteiger partial charge >= 0.3 is 11.9 Å². The van der Waals surface area contributed by atoms with Crippen LogP contribution in [-0.2, 0) is 28.5 Å². The second-order valence-corrected chi connectivity index (χ2v) is 14.9. The Bertz CT molecular complexity index is 1460. The summed E-state index contributed by atoms with van der Waals surface area (Å²) in [6, 6.07) is 3.27. The lowest BCUT2D eigenvalue weighted by Gasteiger charge is -2.50. The van der Waals surface area contributed by atoms with Crippen LogP contribution >= 0.6 is 0 Å². The van der Waals surface area contributed by atoms with Gasteiger partial charge in [-0.25, -0.2) is 4.79 Å². The molecule has 5 heterocycles. The van der Waals surface area contributed by atoms with Crippen molar-refractivity contribution in [3.05, 3.63) is 71.1 Å². The Kier molecular flexibility index (Phi) is 10.2. The van der Waals surface area contributed by atoms with Gasteiger partial charge in [0.05, 0.1) is 18.8 Å². The van der Waals surface area contributed by atoms with E-state index in [2.05, 4.69) is 51.8 Å². The Morgan fingerprint density at radius 3 is 2.77 bits per heavy atom. The first kappa shape index (κ1) is 34.8. The van der Waals surface area contributed by atoms with Gasteiger partial charge in [-0.2, -0.15) is 0 Å². The molecule has 0 saturated carbocycles. The highest BCUT2D eigenvalue weighted by Crippen LogP contribution is 2.48. The van der Waals surface area contributed by atoms with Crippen molar-refractivity contribution in [3.8, 4) is 0 Å². The van der Waals surface area contributed by atoms with Crippen molar-refractivity contribution < 1.29 is 43.5 Å². The zero-order valence-electron chi connectivity index (χ0n) is 28.7. The molecule has 48 heavy (non-hydrogen) atoms. The number of H-pyrrole nitrogens is 1. The highest BCUT2D eigenvalue weighted by molar-refractivity contribution is 5.87. The summed E-state index contributed by atoms with van der Waals surface area (Å²) in [5.41, 5.74) is 0.372. The Balaban J connectivity index is 1.35. The number of hydrogen-bond acceptors (Lipinski definition) is 9. The highest BCUT2D eigenvalue weighted by atomic mass is 16.7. The molecule has 0 amide bonds. The van der Waals surface area contributed by atoms with E-state index >= 15 is 0 Å². The van der Waals surface area contributed by atoms with Crippen LogP contribution in [0.25, 0.3) is 0 Å². The molecular formula is C38H51NO9. The minimum absolute atomic E-state index is 0.0143. The smallest absolute Gasteiger partial charge is 0.355 e. The maximum Gasteiger partial charge on any atom is 0.355 e. The van der Waals surface area contributed by atoms with Gasteiger partial charge in [-0.15, -0.1) is 0 Å². The quantitative estimate of drug-likeness (QED) is 0.288. The molecule has 6 rings (SSSR count). The number of aliphatic hydroxyl groups is 2. The number of nitrogens with one attached hydrogen (secondary N) is 1. The van der Waals surface area contributed by atoms with Crippen LogP contribution in [0.15, 0.2) is 65.4 Å². The zero-order valence-corrected chi connectivity index (χ0v) is 28.7. The molecule has 1 aromatic rings. The van der Waals surface area contributed by atoms with Crippen molar-refractivity contribution in [1.29, 1.82) is 0 Å². The van der Waals surface area contributed by atoms with E-state index in [1.165, 1.54) is 11.6 Å². The normalized spacial score (nSPS) is 41.8. The fraction of sp³-hybridized carbons (Fsp3) is 0.632. The van der Waals surface area contributed by atoms with Gasteiger partial charge in [0.2, 0.25) is 0 Å². The number of esters is 2. The second kappa shape index (κ2) is 14.1. The van der Waals surface area contributed by atoms with E-state index in [4.69, 9.17) is 23.7 Å². The molecule has 2 bridgehead atoms. The molecule has 1 aromatic heterocycles. The summed E-state index contributed by atoms with van der Waals surface area (Å²) < 4.78 is 31.4. The number of fused-ring (bicyclic) bond motifs is 2. The van der Waals surface area contributed by atoms with Crippen molar-refractivity contribution in [1.82, 2.24) is 4.98 Å². The largest absolute Gasteiger partial charge is 0.462 e. The van der Waals surface area contributed by atoms with Crippen LogP contribution in [0.5, 0.6) is 0 Å². The molecule has 3 saturated heterocycles. The molecule has 10 nitrogen and oxygen atoms in total. The lowest BCUT2D eigenvalue weighted by atomic mass is 9.70. The van der Waals surface area contributed by atoms with Crippen LogP contribution in [0.4, 0.5) is 0 Å². The maximum atomic E-state index is 14.3. The van der Waals surface area contributed by atoms with Crippen LogP contribution in [0, 0.1) is 23.7 Å². The summed E-state index contributed by atoms with van der Waals surface area (Å²) in [6.45, 7) is 10.5. The number of aromatic amines is 1. The van der Waals surface area contributed by atoms with E-state index in [-0.39, 0.29) is 42.6 Å². The van der Waals surface area contributed by atoms with E-state index in [0.717, 1.165) is 12.8 Å². The van der Waals surface area contributed by atoms with Crippen molar-refractivity contribution in [2.45, 2.75) is 115 Å².